The molecular formula is C22H28N2O3S. The molecule has 0 unspecified atom stereocenters. The van der Waals surface area contributed by atoms with Gasteiger partial charge in [0.25, 0.3) is 0 Å². The Labute approximate surface area is 171 Å². The summed E-state index contributed by atoms with van der Waals surface area (Å²) < 4.78 is 5.10. The lowest BCUT2D eigenvalue weighted by atomic mass is 10.0. The van der Waals surface area contributed by atoms with Gasteiger partial charge < -0.3 is 15.4 Å². The molecule has 0 heterocycles. The summed E-state index contributed by atoms with van der Waals surface area (Å²) in [6.07, 6.45) is 1.71. The van der Waals surface area contributed by atoms with Gasteiger partial charge in [-0.1, -0.05) is 32.0 Å². The smallest absolute Gasteiger partial charge is 0.237 e. The van der Waals surface area contributed by atoms with Crippen LogP contribution < -0.4 is 15.4 Å². The number of carbonyl (C=O) groups excluding carboxylic acids is 2. The molecular weight excluding hydrogens is 372 g/mol. The summed E-state index contributed by atoms with van der Waals surface area (Å²) in [7, 11) is 1.60. The Morgan fingerprint density at radius 3 is 2.14 bits per heavy atom. The predicted octanol–water partition coefficient (Wildman–Crippen LogP) is 4.52. The number of benzene rings is 2. The molecule has 1 atom stereocenters. The number of nitrogens with one attached hydrogen (secondary N) is 2. The third kappa shape index (κ3) is 6.02. The van der Waals surface area contributed by atoms with Crippen molar-refractivity contribution in [2.45, 2.75) is 38.9 Å². The van der Waals surface area contributed by atoms with Gasteiger partial charge in [-0.2, -0.15) is 0 Å². The van der Waals surface area contributed by atoms with E-state index in [-0.39, 0.29) is 22.8 Å². The van der Waals surface area contributed by atoms with E-state index in [1.807, 2.05) is 25.1 Å². The predicted molar refractivity (Wildman–Crippen MR) is 117 cm³/mol. The number of ether oxygens (including phenoxy) is 1. The van der Waals surface area contributed by atoms with Crippen LogP contribution in [0, 0.1) is 0 Å². The summed E-state index contributed by atoms with van der Waals surface area (Å²) in [5, 5.41) is 5.55. The molecule has 0 saturated carbocycles. The number of methoxy groups -OCH3 is 1. The molecule has 2 aromatic carbocycles. The minimum atomic E-state index is -0.337. The molecule has 0 aliphatic heterocycles. The van der Waals surface area contributed by atoms with Crippen LogP contribution in [0.2, 0.25) is 0 Å². The van der Waals surface area contributed by atoms with Crippen molar-refractivity contribution in [1.82, 2.24) is 0 Å². The molecule has 2 N–H and O–H groups in total. The maximum Gasteiger partial charge on any atom is 0.237 e. The normalized spacial score (nSPS) is 11.6. The molecule has 0 aliphatic rings. The lowest BCUT2D eigenvalue weighted by Gasteiger charge is -2.17. The Hall–Kier alpha value is -2.47. The summed E-state index contributed by atoms with van der Waals surface area (Å²) >= 11 is 1.32. The van der Waals surface area contributed by atoms with Crippen molar-refractivity contribution in [2.75, 3.05) is 23.5 Å². The average Bonchev–Trinajstić information content (AvgIpc) is 2.72. The van der Waals surface area contributed by atoms with Crippen LogP contribution in [0.4, 0.5) is 11.4 Å². The zero-order valence-electron chi connectivity index (χ0n) is 16.9. The van der Waals surface area contributed by atoms with Gasteiger partial charge in [0.05, 0.1) is 18.1 Å². The van der Waals surface area contributed by atoms with Gasteiger partial charge in [0.15, 0.2) is 0 Å². The Kier molecular flexibility index (Phi) is 8.39. The highest BCUT2D eigenvalue weighted by Crippen LogP contribution is 2.24. The number of thioether (sulfide) groups is 1. The number of rotatable bonds is 9. The largest absolute Gasteiger partial charge is 0.497 e. The molecule has 0 saturated heterocycles. The number of aryl methyl sites for hydroxylation is 2. The maximum atomic E-state index is 12.6. The molecule has 0 spiro atoms. The first-order chi connectivity index (χ1) is 13.5. The summed E-state index contributed by atoms with van der Waals surface area (Å²) in [5.74, 6) is 0.712. The van der Waals surface area contributed by atoms with Crippen molar-refractivity contribution in [3.8, 4) is 5.75 Å². The first-order valence-electron chi connectivity index (χ1n) is 9.45. The van der Waals surface area contributed by atoms with E-state index in [0.717, 1.165) is 35.4 Å². The van der Waals surface area contributed by atoms with Gasteiger partial charge in [0.1, 0.15) is 5.75 Å². The van der Waals surface area contributed by atoms with Crippen molar-refractivity contribution in [2.24, 2.45) is 0 Å². The molecule has 2 rings (SSSR count). The highest BCUT2D eigenvalue weighted by molar-refractivity contribution is 8.01. The van der Waals surface area contributed by atoms with Gasteiger partial charge in [-0.15, -0.1) is 11.8 Å². The number of carbonyl (C=O) groups is 2. The van der Waals surface area contributed by atoms with Crippen LogP contribution in [0.5, 0.6) is 5.75 Å². The first-order valence-corrected chi connectivity index (χ1v) is 10.5. The highest BCUT2D eigenvalue weighted by atomic mass is 32.2. The number of anilines is 2. The molecule has 2 aromatic rings. The van der Waals surface area contributed by atoms with E-state index in [2.05, 4.69) is 24.5 Å². The highest BCUT2D eigenvalue weighted by Gasteiger charge is 2.18. The number of amides is 2. The van der Waals surface area contributed by atoms with Crippen molar-refractivity contribution in [3.63, 3.8) is 0 Å². The third-order valence-corrected chi connectivity index (χ3v) is 5.60. The molecule has 0 aromatic heterocycles. The SMILES string of the molecule is CCc1cccc(CC)c1NC(=O)[C@H](C)SCC(=O)Nc1ccc(OC)cc1. The second-order valence-electron chi connectivity index (χ2n) is 6.38. The summed E-state index contributed by atoms with van der Waals surface area (Å²) in [5.41, 5.74) is 3.87. The van der Waals surface area contributed by atoms with Crippen LogP contribution in [0.1, 0.15) is 31.9 Å². The average molecular weight is 401 g/mol. The van der Waals surface area contributed by atoms with Gasteiger partial charge in [-0.25, -0.2) is 0 Å². The van der Waals surface area contributed by atoms with E-state index in [1.54, 1.807) is 31.4 Å². The van der Waals surface area contributed by atoms with Crippen LogP contribution in [0.3, 0.4) is 0 Å². The number of hydrogen-bond acceptors (Lipinski definition) is 4. The molecule has 0 aliphatic carbocycles. The van der Waals surface area contributed by atoms with Gasteiger partial charge >= 0.3 is 0 Å². The topological polar surface area (TPSA) is 67.4 Å². The van der Waals surface area contributed by atoms with Crippen LogP contribution in [0.15, 0.2) is 42.5 Å². The Balaban J connectivity index is 1.89. The lowest BCUT2D eigenvalue weighted by Crippen LogP contribution is -2.26. The second kappa shape index (κ2) is 10.8. The summed E-state index contributed by atoms with van der Waals surface area (Å²) in [6, 6.07) is 13.2. The maximum absolute atomic E-state index is 12.6. The molecule has 0 fully saturated rings. The second-order valence-corrected chi connectivity index (χ2v) is 7.71. The number of para-hydroxylation sites is 1. The third-order valence-electron chi connectivity index (χ3n) is 4.45. The van der Waals surface area contributed by atoms with Crippen molar-refractivity contribution < 1.29 is 14.3 Å². The van der Waals surface area contributed by atoms with Crippen LogP contribution in [-0.2, 0) is 22.4 Å². The Bertz CT molecular complexity index is 784. The quantitative estimate of drug-likeness (QED) is 0.649. The minimum Gasteiger partial charge on any atom is -0.497 e. The van der Waals surface area contributed by atoms with Crippen molar-refractivity contribution >= 4 is 35.0 Å². The minimum absolute atomic E-state index is 0.0853. The van der Waals surface area contributed by atoms with E-state index in [9.17, 15) is 9.59 Å². The van der Waals surface area contributed by atoms with Crippen LogP contribution in [0.25, 0.3) is 0 Å². The summed E-state index contributed by atoms with van der Waals surface area (Å²) in [6.45, 7) is 5.97. The van der Waals surface area contributed by atoms with Crippen LogP contribution in [-0.4, -0.2) is 29.9 Å². The Morgan fingerprint density at radius 1 is 1.00 bits per heavy atom. The van der Waals surface area contributed by atoms with Gasteiger partial charge in [0.2, 0.25) is 11.8 Å². The van der Waals surface area contributed by atoms with E-state index < -0.39 is 0 Å². The molecule has 28 heavy (non-hydrogen) atoms. The van der Waals surface area contributed by atoms with Gasteiger partial charge in [-0.05, 0) is 55.2 Å². The van der Waals surface area contributed by atoms with E-state index >= 15 is 0 Å². The monoisotopic (exact) mass is 400 g/mol. The molecule has 6 heteroatoms. The fourth-order valence-electron chi connectivity index (χ4n) is 2.78. The molecule has 0 radical (unpaired) electrons. The van der Waals surface area contributed by atoms with Crippen molar-refractivity contribution in [1.29, 1.82) is 0 Å². The van der Waals surface area contributed by atoms with Crippen molar-refractivity contribution in [3.05, 3.63) is 53.6 Å². The number of hydrogen-bond donors (Lipinski definition) is 2. The fraction of sp³-hybridized carbons (Fsp3) is 0.364. The molecule has 5 nitrogen and oxygen atoms in total. The van der Waals surface area contributed by atoms with Gasteiger partial charge in [0, 0.05) is 11.4 Å². The van der Waals surface area contributed by atoms with Crippen LogP contribution >= 0.6 is 11.8 Å². The standard InChI is InChI=1S/C22H28N2O3S/c1-5-16-8-7-9-17(6-2)21(16)24-22(26)15(3)28-14-20(25)23-18-10-12-19(27-4)13-11-18/h7-13,15H,5-6,14H2,1-4H3,(H,23,25)(H,24,26)/t15-/m0/s1. The first kappa shape index (κ1) is 21.8. The molecule has 150 valence electrons. The Morgan fingerprint density at radius 2 is 1.61 bits per heavy atom. The summed E-state index contributed by atoms with van der Waals surface area (Å²) in [4.78, 5) is 24.8. The lowest BCUT2D eigenvalue weighted by molar-refractivity contribution is -0.115. The molecule has 2 amide bonds. The zero-order chi connectivity index (χ0) is 20.5. The van der Waals surface area contributed by atoms with E-state index in [1.165, 1.54) is 11.8 Å². The van der Waals surface area contributed by atoms with E-state index in [0.29, 0.717) is 5.69 Å². The van der Waals surface area contributed by atoms with E-state index in [4.69, 9.17) is 4.74 Å². The zero-order valence-corrected chi connectivity index (χ0v) is 17.7. The van der Waals surface area contributed by atoms with Gasteiger partial charge in [-0.3, -0.25) is 9.59 Å². The molecule has 0 bridgehead atoms. The fourth-order valence-corrected chi connectivity index (χ4v) is 3.46.